The topological polar surface area (TPSA) is 87.6 Å². The number of carbonyl (C=O) groups is 1. The average molecular weight is 210 g/mol. The van der Waals surface area contributed by atoms with E-state index in [-0.39, 0.29) is 12.4 Å². The zero-order valence-electron chi connectivity index (χ0n) is 8.74. The fourth-order valence-electron chi connectivity index (χ4n) is 1.23. The summed E-state index contributed by atoms with van der Waals surface area (Å²) in [4.78, 5) is 11.1. The summed E-state index contributed by atoms with van der Waals surface area (Å²) in [5.74, 6) is 0.192. The summed E-state index contributed by atoms with van der Waals surface area (Å²) >= 11 is 0. The first-order valence-electron chi connectivity index (χ1n) is 4.37. The van der Waals surface area contributed by atoms with Gasteiger partial charge in [0, 0.05) is 29.1 Å². The third kappa shape index (κ3) is 2.52. The summed E-state index contributed by atoms with van der Waals surface area (Å²) in [6.07, 6.45) is 0.0676. The second-order valence-corrected chi connectivity index (χ2v) is 3.04. The summed E-state index contributed by atoms with van der Waals surface area (Å²) in [5.41, 5.74) is 12.9. The molecule has 5 heteroatoms. The quantitative estimate of drug-likeness (QED) is 0.562. The first-order chi connectivity index (χ1) is 7.08. The van der Waals surface area contributed by atoms with Crippen molar-refractivity contribution < 1.29 is 14.3 Å². The molecule has 1 aromatic rings. The lowest BCUT2D eigenvalue weighted by atomic mass is 10.1. The Bertz CT molecular complexity index is 354. The Morgan fingerprint density at radius 1 is 1.27 bits per heavy atom. The highest BCUT2D eigenvalue weighted by Gasteiger charge is 2.11. The van der Waals surface area contributed by atoms with Crippen molar-refractivity contribution in [1.29, 1.82) is 0 Å². The van der Waals surface area contributed by atoms with Crippen LogP contribution in [0.25, 0.3) is 0 Å². The molecule has 0 saturated carbocycles. The van der Waals surface area contributed by atoms with Crippen LogP contribution >= 0.6 is 0 Å². The normalized spacial score (nSPS) is 9.73. The van der Waals surface area contributed by atoms with Crippen molar-refractivity contribution in [3.63, 3.8) is 0 Å². The first kappa shape index (κ1) is 11.2. The van der Waals surface area contributed by atoms with E-state index in [1.807, 2.05) is 0 Å². The van der Waals surface area contributed by atoms with Crippen molar-refractivity contribution in [3.05, 3.63) is 17.7 Å². The van der Waals surface area contributed by atoms with Crippen molar-refractivity contribution in [3.8, 4) is 5.75 Å². The van der Waals surface area contributed by atoms with Crippen LogP contribution in [-0.4, -0.2) is 20.2 Å². The number of ether oxygens (including phenoxy) is 2. The minimum atomic E-state index is -0.376. The molecule has 0 unspecified atom stereocenters. The van der Waals surface area contributed by atoms with Crippen LogP contribution in [0.1, 0.15) is 5.56 Å². The molecule has 5 nitrogen and oxygen atoms in total. The summed E-state index contributed by atoms with van der Waals surface area (Å²) in [7, 11) is 2.84. The standard InChI is InChI=1S/C10H14N2O3/c1-14-6-3-8(11)7(9(12)4-6)5-10(13)15-2/h3-4H,5,11-12H2,1-2H3. The van der Waals surface area contributed by atoms with Crippen LogP contribution in [0.2, 0.25) is 0 Å². The Balaban J connectivity index is 3.03. The van der Waals surface area contributed by atoms with Crippen LogP contribution in [0.15, 0.2) is 12.1 Å². The molecule has 0 radical (unpaired) electrons. The molecule has 4 N–H and O–H groups in total. The van der Waals surface area contributed by atoms with Crippen molar-refractivity contribution in [2.24, 2.45) is 0 Å². The maximum Gasteiger partial charge on any atom is 0.310 e. The summed E-state index contributed by atoms with van der Waals surface area (Å²) in [6, 6.07) is 3.24. The second-order valence-electron chi connectivity index (χ2n) is 3.04. The van der Waals surface area contributed by atoms with E-state index < -0.39 is 0 Å². The lowest BCUT2D eigenvalue weighted by Crippen LogP contribution is -2.09. The largest absolute Gasteiger partial charge is 0.497 e. The van der Waals surface area contributed by atoms with Crippen molar-refractivity contribution in [2.75, 3.05) is 25.7 Å². The predicted molar refractivity (Wildman–Crippen MR) is 57.5 cm³/mol. The predicted octanol–water partition coefficient (Wildman–Crippen LogP) is 0.575. The fraction of sp³-hybridized carbons (Fsp3) is 0.300. The van der Waals surface area contributed by atoms with Gasteiger partial charge in [0.15, 0.2) is 0 Å². The van der Waals surface area contributed by atoms with Crippen LogP contribution in [0.3, 0.4) is 0 Å². The Hall–Kier alpha value is -1.91. The van der Waals surface area contributed by atoms with Gasteiger partial charge >= 0.3 is 5.97 Å². The summed E-state index contributed by atoms with van der Waals surface area (Å²) < 4.78 is 9.53. The smallest absolute Gasteiger partial charge is 0.310 e. The zero-order chi connectivity index (χ0) is 11.4. The van der Waals surface area contributed by atoms with E-state index in [0.29, 0.717) is 22.7 Å². The van der Waals surface area contributed by atoms with Gasteiger partial charge in [0.25, 0.3) is 0 Å². The number of methoxy groups -OCH3 is 2. The number of nitrogen functional groups attached to an aromatic ring is 2. The molecule has 0 aliphatic heterocycles. The molecule has 82 valence electrons. The molecule has 0 aliphatic carbocycles. The molecule has 1 aromatic carbocycles. The Kier molecular flexibility index (Phi) is 3.38. The van der Waals surface area contributed by atoms with Gasteiger partial charge in [0.2, 0.25) is 0 Å². The van der Waals surface area contributed by atoms with Crippen LogP contribution in [0, 0.1) is 0 Å². The molecule has 0 fully saturated rings. The van der Waals surface area contributed by atoms with Crippen molar-refractivity contribution in [1.82, 2.24) is 0 Å². The minimum Gasteiger partial charge on any atom is -0.497 e. The van der Waals surface area contributed by atoms with E-state index in [9.17, 15) is 4.79 Å². The third-order valence-corrected chi connectivity index (χ3v) is 2.08. The molecule has 0 atom stereocenters. The van der Waals surface area contributed by atoms with Crippen LogP contribution in [0.4, 0.5) is 11.4 Å². The van der Waals surface area contributed by atoms with Gasteiger partial charge in [-0.2, -0.15) is 0 Å². The SMILES string of the molecule is COC(=O)Cc1c(N)cc(OC)cc1N. The van der Waals surface area contributed by atoms with Gasteiger partial charge < -0.3 is 20.9 Å². The first-order valence-corrected chi connectivity index (χ1v) is 4.37. The zero-order valence-corrected chi connectivity index (χ0v) is 8.74. The summed E-state index contributed by atoms with van der Waals surface area (Å²) in [5, 5.41) is 0. The summed E-state index contributed by atoms with van der Waals surface area (Å²) in [6.45, 7) is 0. The van der Waals surface area contributed by atoms with Crippen LogP contribution in [-0.2, 0) is 16.0 Å². The maximum absolute atomic E-state index is 11.1. The van der Waals surface area contributed by atoms with E-state index in [0.717, 1.165) is 0 Å². The Morgan fingerprint density at radius 2 is 1.80 bits per heavy atom. The van der Waals surface area contributed by atoms with Gasteiger partial charge in [0.1, 0.15) is 5.75 Å². The molecule has 0 aromatic heterocycles. The lowest BCUT2D eigenvalue weighted by molar-refractivity contribution is -0.139. The molecule has 0 amide bonds. The number of rotatable bonds is 3. The average Bonchev–Trinajstić information content (AvgIpc) is 2.22. The van der Waals surface area contributed by atoms with Crippen molar-refractivity contribution in [2.45, 2.75) is 6.42 Å². The van der Waals surface area contributed by atoms with E-state index in [1.54, 1.807) is 12.1 Å². The minimum absolute atomic E-state index is 0.0676. The molecule has 1 rings (SSSR count). The number of nitrogens with two attached hydrogens (primary N) is 2. The number of benzene rings is 1. The van der Waals surface area contributed by atoms with Crippen LogP contribution < -0.4 is 16.2 Å². The number of carbonyl (C=O) groups excluding carboxylic acids is 1. The van der Waals surface area contributed by atoms with Gasteiger partial charge in [-0.1, -0.05) is 0 Å². The fourth-order valence-corrected chi connectivity index (χ4v) is 1.23. The highest BCUT2D eigenvalue weighted by Crippen LogP contribution is 2.27. The van der Waals surface area contributed by atoms with Crippen molar-refractivity contribution >= 4 is 17.3 Å². The lowest BCUT2D eigenvalue weighted by Gasteiger charge is -2.10. The van der Waals surface area contributed by atoms with Gasteiger partial charge in [-0.25, -0.2) is 0 Å². The molecule has 0 heterocycles. The number of anilines is 2. The second kappa shape index (κ2) is 4.54. The van der Waals surface area contributed by atoms with Gasteiger partial charge in [-0.15, -0.1) is 0 Å². The maximum atomic E-state index is 11.1. The molecule has 0 saturated heterocycles. The molecular formula is C10H14N2O3. The molecule has 0 spiro atoms. The number of hydrogen-bond acceptors (Lipinski definition) is 5. The Labute approximate surface area is 88.0 Å². The van der Waals surface area contributed by atoms with Gasteiger partial charge in [-0.3, -0.25) is 4.79 Å². The monoisotopic (exact) mass is 210 g/mol. The van der Waals surface area contributed by atoms with E-state index in [4.69, 9.17) is 16.2 Å². The van der Waals surface area contributed by atoms with E-state index >= 15 is 0 Å². The number of esters is 1. The Morgan fingerprint density at radius 3 is 2.20 bits per heavy atom. The molecule has 15 heavy (non-hydrogen) atoms. The highest BCUT2D eigenvalue weighted by atomic mass is 16.5. The van der Waals surface area contributed by atoms with Gasteiger partial charge in [-0.05, 0) is 0 Å². The highest BCUT2D eigenvalue weighted by molar-refractivity contribution is 5.79. The third-order valence-electron chi connectivity index (χ3n) is 2.08. The number of hydrogen-bond donors (Lipinski definition) is 2. The van der Waals surface area contributed by atoms with Gasteiger partial charge in [0.05, 0.1) is 20.6 Å². The molecule has 0 bridgehead atoms. The molecular weight excluding hydrogens is 196 g/mol. The molecule has 0 aliphatic rings. The van der Waals surface area contributed by atoms with E-state index in [2.05, 4.69) is 4.74 Å². The van der Waals surface area contributed by atoms with E-state index in [1.165, 1.54) is 14.2 Å². The van der Waals surface area contributed by atoms with Crippen LogP contribution in [0.5, 0.6) is 5.75 Å².